The number of aliphatic carboxylic acids is 1. The summed E-state index contributed by atoms with van der Waals surface area (Å²) in [6.07, 6.45) is -0.854. The van der Waals surface area contributed by atoms with Crippen LogP contribution in [0.15, 0.2) is 18.2 Å². The van der Waals surface area contributed by atoms with E-state index in [1.54, 1.807) is 20.8 Å². The van der Waals surface area contributed by atoms with Crippen molar-refractivity contribution in [2.45, 2.75) is 39.2 Å². The highest BCUT2D eigenvalue weighted by Gasteiger charge is 2.27. The van der Waals surface area contributed by atoms with E-state index in [-0.39, 0.29) is 5.56 Å². The van der Waals surface area contributed by atoms with Gasteiger partial charge >= 0.3 is 11.9 Å². The highest BCUT2D eigenvalue weighted by Crippen LogP contribution is 2.20. The van der Waals surface area contributed by atoms with Crippen LogP contribution in [0.3, 0.4) is 0 Å². The second-order valence-corrected chi connectivity index (χ2v) is 5.73. The molecule has 0 spiro atoms. The maximum Gasteiger partial charge on any atom is 0.307 e. The fourth-order valence-corrected chi connectivity index (χ4v) is 1.80. The predicted octanol–water partition coefficient (Wildman–Crippen LogP) is 2.94. The number of hydrogen-bond donors (Lipinski definition) is 1. The number of carbonyl (C=O) groups excluding carboxylic acids is 1. The van der Waals surface area contributed by atoms with Crippen molar-refractivity contribution in [3.05, 3.63) is 35.4 Å². The van der Waals surface area contributed by atoms with Crippen molar-refractivity contribution in [3.63, 3.8) is 0 Å². The topological polar surface area (TPSA) is 63.6 Å². The van der Waals surface area contributed by atoms with Gasteiger partial charge in [0.15, 0.2) is 0 Å². The quantitative estimate of drug-likeness (QED) is 0.849. The minimum Gasteiger partial charge on any atom is -0.481 e. The van der Waals surface area contributed by atoms with Gasteiger partial charge in [0.1, 0.15) is 17.2 Å². The summed E-state index contributed by atoms with van der Waals surface area (Å²) >= 11 is 0. The molecule has 0 saturated carbocycles. The first-order chi connectivity index (χ1) is 9.60. The lowest BCUT2D eigenvalue weighted by Gasteiger charge is -2.21. The van der Waals surface area contributed by atoms with Crippen molar-refractivity contribution in [3.8, 4) is 0 Å². The Morgan fingerprint density at radius 2 is 1.76 bits per heavy atom. The second-order valence-electron chi connectivity index (χ2n) is 5.73. The Labute approximate surface area is 121 Å². The minimum absolute atomic E-state index is 0.339. The molecular weight excluding hydrogens is 282 g/mol. The van der Waals surface area contributed by atoms with Gasteiger partial charge in [-0.1, -0.05) is 6.07 Å². The number of ether oxygens (including phenoxy) is 1. The molecule has 1 aromatic rings. The average molecular weight is 300 g/mol. The molecule has 0 amide bonds. The van der Waals surface area contributed by atoms with E-state index in [1.807, 2.05) is 0 Å². The van der Waals surface area contributed by atoms with Gasteiger partial charge in [-0.3, -0.25) is 9.59 Å². The molecule has 1 rings (SSSR count). The fraction of sp³-hybridized carbons (Fsp3) is 0.467. The molecule has 0 aromatic heterocycles. The van der Waals surface area contributed by atoms with Crippen LogP contribution in [0.1, 0.15) is 32.8 Å². The van der Waals surface area contributed by atoms with Crippen molar-refractivity contribution in [2.24, 2.45) is 5.92 Å². The van der Waals surface area contributed by atoms with Gasteiger partial charge in [0.2, 0.25) is 0 Å². The maximum absolute atomic E-state index is 13.5. The van der Waals surface area contributed by atoms with Gasteiger partial charge in [0.05, 0.1) is 12.3 Å². The molecule has 0 aliphatic rings. The third-order valence-electron chi connectivity index (χ3n) is 2.69. The van der Waals surface area contributed by atoms with E-state index < -0.39 is 47.9 Å². The van der Waals surface area contributed by atoms with Crippen LogP contribution in [0.2, 0.25) is 0 Å². The van der Waals surface area contributed by atoms with Crippen molar-refractivity contribution in [1.82, 2.24) is 0 Å². The van der Waals surface area contributed by atoms with Crippen molar-refractivity contribution >= 4 is 11.9 Å². The van der Waals surface area contributed by atoms with Crippen LogP contribution in [0.5, 0.6) is 0 Å². The molecule has 0 bridgehead atoms. The normalized spacial score (nSPS) is 12.8. The average Bonchev–Trinajstić information content (AvgIpc) is 2.29. The van der Waals surface area contributed by atoms with E-state index in [4.69, 9.17) is 9.84 Å². The molecule has 0 radical (unpaired) electrons. The van der Waals surface area contributed by atoms with E-state index in [0.717, 1.165) is 12.1 Å². The first kappa shape index (κ1) is 17.1. The largest absolute Gasteiger partial charge is 0.481 e. The molecule has 0 saturated heterocycles. The fourth-order valence-electron chi connectivity index (χ4n) is 1.80. The summed E-state index contributed by atoms with van der Waals surface area (Å²) in [6, 6.07) is 3.29. The number of benzene rings is 1. The molecule has 4 nitrogen and oxygen atoms in total. The van der Waals surface area contributed by atoms with Gasteiger partial charge < -0.3 is 9.84 Å². The number of carboxylic acid groups (broad SMARTS) is 1. The monoisotopic (exact) mass is 300 g/mol. The van der Waals surface area contributed by atoms with E-state index in [1.165, 1.54) is 6.07 Å². The molecule has 0 aliphatic heterocycles. The van der Waals surface area contributed by atoms with Crippen LogP contribution < -0.4 is 0 Å². The predicted molar refractivity (Wildman–Crippen MR) is 71.6 cm³/mol. The van der Waals surface area contributed by atoms with Crippen LogP contribution in [-0.2, 0) is 20.7 Å². The van der Waals surface area contributed by atoms with Crippen LogP contribution >= 0.6 is 0 Å². The van der Waals surface area contributed by atoms with E-state index in [0.29, 0.717) is 0 Å². The molecule has 0 aliphatic carbocycles. The highest BCUT2D eigenvalue weighted by atomic mass is 19.1. The Balaban J connectivity index is 2.84. The molecule has 0 fully saturated rings. The zero-order valence-corrected chi connectivity index (χ0v) is 12.2. The number of carboxylic acids is 1. The summed E-state index contributed by atoms with van der Waals surface area (Å²) in [6.45, 7) is 4.95. The van der Waals surface area contributed by atoms with Gasteiger partial charge in [-0.05, 0) is 39.3 Å². The van der Waals surface area contributed by atoms with Crippen molar-refractivity contribution < 1.29 is 28.2 Å². The lowest BCUT2D eigenvalue weighted by atomic mass is 9.95. The summed E-state index contributed by atoms with van der Waals surface area (Å²) in [5.74, 6) is -4.92. The summed E-state index contributed by atoms with van der Waals surface area (Å²) in [5.41, 5.74) is -1.09. The lowest BCUT2D eigenvalue weighted by molar-refractivity contribution is -0.159. The first-order valence-corrected chi connectivity index (χ1v) is 6.47. The summed E-state index contributed by atoms with van der Waals surface area (Å²) in [5, 5.41) is 9.11. The Morgan fingerprint density at radius 3 is 2.19 bits per heavy atom. The third-order valence-corrected chi connectivity index (χ3v) is 2.69. The van der Waals surface area contributed by atoms with Gasteiger partial charge in [-0.15, -0.1) is 0 Å². The van der Waals surface area contributed by atoms with Gasteiger partial charge in [-0.25, -0.2) is 8.78 Å². The van der Waals surface area contributed by atoms with Gasteiger partial charge in [-0.2, -0.15) is 0 Å². The number of rotatable bonds is 5. The standard InChI is InChI=1S/C15H18F2O4/c1-15(2,3)21-13(18)8-9(14(19)20)7-10-11(16)5-4-6-12(10)17/h4-6,9H,7-8H2,1-3H3,(H,19,20). The Kier molecular flexibility index (Phi) is 5.41. The molecule has 1 N–H and O–H groups in total. The number of carbonyl (C=O) groups is 2. The number of halogens is 2. The molecule has 6 heteroatoms. The van der Waals surface area contributed by atoms with E-state index in [2.05, 4.69) is 0 Å². The molecule has 116 valence electrons. The Morgan fingerprint density at radius 1 is 1.24 bits per heavy atom. The van der Waals surface area contributed by atoms with Crippen molar-refractivity contribution in [1.29, 1.82) is 0 Å². The van der Waals surface area contributed by atoms with Gasteiger partial charge in [0, 0.05) is 5.56 Å². The highest BCUT2D eigenvalue weighted by molar-refractivity contribution is 5.79. The van der Waals surface area contributed by atoms with Crippen LogP contribution in [0, 0.1) is 17.6 Å². The molecule has 1 unspecified atom stereocenters. The number of hydrogen-bond acceptors (Lipinski definition) is 3. The first-order valence-electron chi connectivity index (χ1n) is 6.47. The van der Waals surface area contributed by atoms with Gasteiger partial charge in [0.25, 0.3) is 0 Å². The maximum atomic E-state index is 13.5. The third kappa shape index (κ3) is 5.49. The van der Waals surface area contributed by atoms with E-state index in [9.17, 15) is 18.4 Å². The smallest absolute Gasteiger partial charge is 0.307 e. The van der Waals surface area contributed by atoms with E-state index >= 15 is 0 Å². The minimum atomic E-state index is -1.30. The van der Waals surface area contributed by atoms with Crippen molar-refractivity contribution in [2.75, 3.05) is 0 Å². The zero-order valence-electron chi connectivity index (χ0n) is 12.2. The zero-order chi connectivity index (χ0) is 16.2. The molecule has 0 heterocycles. The van der Waals surface area contributed by atoms with Crippen LogP contribution in [0.4, 0.5) is 8.78 Å². The molecule has 1 aromatic carbocycles. The van der Waals surface area contributed by atoms with Crippen LogP contribution in [-0.4, -0.2) is 22.6 Å². The summed E-state index contributed by atoms with van der Waals surface area (Å²) < 4.78 is 32.1. The summed E-state index contributed by atoms with van der Waals surface area (Å²) in [7, 11) is 0. The summed E-state index contributed by atoms with van der Waals surface area (Å²) in [4.78, 5) is 22.8. The Bertz CT molecular complexity index is 515. The number of esters is 1. The molecule has 21 heavy (non-hydrogen) atoms. The molecule has 1 atom stereocenters. The second kappa shape index (κ2) is 6.65. The Hall–Kier alpha value is -1.98. The molecular formula is C15H18F2O4. The van der Waals surface area contributed by atoms with Crippen LogP contribution in [0.25, 0.3) is 0 Å². The lowest BCUT2D eigenvalue weighted by Crippen LogP contribution is -2.28. The SMILES string of the molecule is CC(C)(C)OC(=O)CC(Cc1c(F)cccc1F)C(=O)O.